The number of hydrogen-bond donors (Lipinski definition) is 2. The summed E-state index contributed by atoms with van der Waals surface area (Å²) in [6.45, 7) is 10.2. The third kappa shape index (κ3) is 4.54. The summed E-state index contributed by atoms with van der Waals surface area (Å²) in [7, 11) is 0. The van der Waals surface area contributed by atoms with Crippen molar-refractivity contribution in [3.63, 3.8) is 0 Å². The molecule has 25 heavy (non-hydrogen) atoms. The van der Waals surface area contributed by atoms with Gasteiger partial charge in [0.25, 0.3) is 0 Å². The van der Waals surface area contributed by atoms with Gasteiger partial charge in [-0.05, 0) is 46.8 Å². The van der Waals surface area contributed by atoms with Gasteiger partial charge in [-0.15, -0.1) is 11.3 Å². The van der Waals surface area contributed by atoms with Crippen LogP contribution in [0.3, 0.4) is 0 Å². The van der Waals surface area contributed by atoms with Gasteiger partial charge in [0.05, 0.1) is 22.4 Å². The van der Waals surface area contributed by atoms with Crippen LogP contribution in [-0.2, 0) is 0 Å². The molecule has 0 aliphatic carbocycles. The van der Waals surface area contributed by atoms with E-state index in [0.29, 0.717) is 5.96 Å². The Bertz CT molecular complexity index is 921. The second-order valence-electron chi connectivity index (χ2n) is 7.00. The molecule has 0 bridgehead atoms. The fraction of sp³-hybridized carbons (Fsp3) is 0.316. The molecule has 0 amide bonds. The summed E-state index contributed by atoms with van der Waals surface area (Å²) in [6, 6.07) is 10.1. The van der Waals surface area contributed by atoms with Gasteiger partial charge in [-0.3, -0.25) is 4.98 Å². The summed E-state index contributed by atoms with van der Waals surface area (Å²) in [5.41, 5.74) is 3.67. The van der Waals surface area contributed by atoms with Crippen LogP contribution in [0.4, 0.5) is 10.8 Å². The molecule has 5 nitrogen and oxygen atoms in total. The molecule has 3 aromatic rings. The Labute approximate surface area is 152 Å². The van der Waals surface area contributed by atoms with E-state index in [1.54, 1.807) is 11.3 Å². The number of nitrogens with zero attached hydrogens (tertiary/aromatic N) is 3. The molecular formula is C19H23N5S. The van der Waals surface area contributed by atoms with Crippen LogP contribution in [0.1, 0.15) is 32.2 Å². The smallest absolute Gasteiger partial charge is 0.202 e. The number of hydrogen-bond acceptors (Lipinski definition) is 4. The lowest BCUT2D eigenvalue weighted by Crippen LogP contribution is -2.27. The van der Waals surface area contributed by atoms with Crippen LogP contribution in [0.5, 0.6) is 0 Å². The Balaban J connectivity index is 1.99. The fourth-order valence-corrected chi connectivity index (χ4v) is 3.16. The number of anilines is 2. The van der Waals surface area contributed by atoms with Crippen molar-refractivity contribution in [3.05, 3.63) is 47.1 Å². The summed E-state index contributed by atoms with van der Waals surface area (Å²) in [5.74, 6) is 0.678. The molecule has 0 saturated heterocycles. The maximum atomic E-state index is 4.79. The van der Waals surface area contributed by atoms with E-state index in [1.165, 1.54) is 0 Å². The first kappa shape index (κ1) is 17.4. The van der Waals surface area contributed by atoms with Crippen molar-refractivity contribution in [2.75, 3.05) is 10.6 Å². The maximum absolute atomic E-state index is 4.79. The minimum atomic E-state index is -0.223. The van der Waals surface area contributed by atoms with Crippen LogP contribution in [0.25, 0.3) is 10.9 Å². The lowest BCUT2D eigenvalue weighted by atomic mass is 10.1. The van der Waals surface area contributed by atoms with Gasteiger partial charge in [0.15, 0.2) is 5.13 Å². The van der Waals surface area contributed by atoms with Crippen molar-refractivity contribution in [1.29, 1.82) is 0 Å². The largest absolute Gasteiger partial charge is 0.325 e. The number of aryl methyl sites for hydroxylation is 2. The van der Waals surface area contributed by atoms with Crippen molar-refractivity contribution in [2.45, 2.75) is 40.2 Å². The number of nitrogens with one attached hydrogen (secondary N) is 2. The molecular weight excluding hydrogens is 330 g/mol. The first-order valence-electron chi connectivity index (χ1n) is 8.22. The summed E-state index contributed by atoms with van der Waals surface area (Å²) in [6.07, 6.45) is 0. The summed E-state index contributed by atoms with van der Waals surface area (Å²) in [4.78, 5) is 13.9. The number of aliphatic imine (C=N–C) groups is 1. The number of para-hydroxylation sites is 1. The first-order valence-corrected chi connectivity index (χ1v) is 9.10. The second-order valence-corrected chi connectivity index (χ2v) is 7.86. The molecule has 0 aliphatic rings. The van der Waals surface area contributed by atoms with E-state index in [1.807, 2.05) is 43.5 Å². The highest BCUT2D eigenvalue weighted by Gasteiger charge is 2.13. The van der Waals surface area contributed by atoms with E-state index in [-0.39, 0.29) is 5.54 Å². The van der Waals surface area contributed by atoms with Gasteiger partial charge in [0, 0.05) is 16.5 Å². The predicted octanol–water partition coefficient (Wildman–Crippen LogP) is 4.99. The van der Waals surface area contributed by atoms with E-state index in [2.05, 4.69) is 47.4 Å². The van der Waals surface area contributed by atoms with Gasteiger partial charge >= 0.3 is 0 Å². The Morgan fingerprint density at radius 1 is 1.04 bits per heavy atom. The van der Waals surface area contributed by atoms with E-state index >= 15 is 0 Å². The minimum Gasteiger partial charge on any atom is -0.325 e. The Morgan fingerprint density at radius 2 is 1.80 bits per heavy atom. The number of rotatable bonds is 2. The van der Waals surface area contributed by atoms with Crippen LogP contribution in [0.2, 0.25) is 0 Å². The van der Waals surface area contributed by atoms with E-state index in [0.717, 1.165) is 33.1 Å². The topological polar surface area (TPSA) is 62.2 Å². The molecule has 0 spiro atoms. The molecule has 0 radical (unpaired) electrons. The molecule has 6 heteroatoms. The van der Waals surface area contributed by atoms with E-state index in [9.17, 15) is 0 Å². The Kier molecular flexibility index (Phi) is 4.72. The van der Waals surface area contributed by atoms with Gasteiger partial charge in [-0.2, -0.15) is 0 Å². The summed E-state index contributed by atoms with van der Waals surface area (Å²) < 4.78 is 0. The van der Waals surface area contributed by atoms with Gasteiger partial charge in [-0.1, -0.05) is 18.2 Å². The fourth-order valence-electron chi connectivity index (χ4n) is 2.47. The molecule has 2 heterocycles. The lowest BCUT2D eigenvalue weighted by molar-refractivity contribution is 0.583. The third-order valence-corrected chi connectivity index (χ3v) is 4.26. The van der Waals surface area contributed by atoms with E-state index in [4.69, 9.17) is 4.99 Å². The van der Waals surface area contributed by atoms with Crippen LogP contribution >= 0.6 is 11.3 Å². The van der Waals surface area contributed by atoms with Crippen molar-refractivity contribution in [3.8, 4) is 0 Å². The summed E-state index contributed by atoms with van der Waals surface area (Å²) >= 11 is 1.57. The van der Waals surface area contributed by atoms with Crippen LogP contribution in [0, 0.1) is 13.8 Å². The number of thiazole rings is 1. The van der Waals surface area contributed by atoms with Gasteiger partial charge < -0.3 is 10.6 Å². The van der Waals surface area contributed by atoms with Crippen molar-refractivity contribution in [2.24, 2.45) is 4.99 Å². The molecule has 3 rings (SSSR count). The van der Waals surface area contributed by atoms with Crippen molar-refractivity contribution >= 4 is 39.0 Å². The molecule has 0 saturated carbocycles. The molecule has 0 unspecified atom stereocenters. The normalized spacial score (nSPS) is 12.4. The van der Waals surface area contributed by atoms with Gasteiger partial charge in [0.1, 0.15) is 0 Å². The zero-order chi connectivity index (χ0) is 18.0. The maximum Gasteiger partial charge on any atom is 0.202 e. The third-order valence-electron chi connectivity index (χ3n) is 3.39. The number of benzene rings is 1. The van der Waals surface area contributed by atoms with E-state index < -0.39 is 0 Å². The average molecular weight is 353 g/mol. The van der Waals surface area contributed by atoms with Crippen LogP contribution in [-0.4, -0.2) is 21.5 Å². The predicted molar refractivity (Wildman–Crippen MR) is 108 cm³/mol. The minimum absolute atomic E-state index is 0.223. The molecule has 0 fully saturated rings. The molecule has 0 atom stereocenters. The number of pyridine rings is 1. The molecule has 0 aliphatic heterocycles. The highest BCUT2D eigenvalue weighted by molar-refractivity contribution is 7.13. The second kappa shape index (κ2) is 6.80. The standard InChI is InChI=1S/C19H23N5S/c1-12-10-16(14-8-6-7-9-15(14)20-12)22-17(24-19(3,4)5)23-18-21-13(2)11-25-18/h6-11H,1-5H3,(H2,20,21,22,23,24). The SMILES string of the molecule is Cc1csc(NC(=NC(C)(C)C)Nc2cc(C)nc3ccccc23)n1. The zero-order valence-corrected chi connectivity index (χ0v) is 16.0. The molecule has 2 aromatic heterocycles. The van der Waals surface area contributed by atoms with Crippen LogP contribution in [0.15, 0.2) is 40.7 Å². The van der Waals surface area contributed by atoms with Gasteiger partial charge in [0.2, 0.25) is 5.96 Å². The van der Waals surface area contributed by atoms with Crippen molar-refractivity contribution < 1.29 is 0 Å². The summed E-state index contributed by atoms with van der Waals surface area (Å²) in [5, 5.41) is 10.7. The molecule has 2 N–H and O–H groups in total. The van der Waals surface area contributed by atoms with Crippen molar-refractivity contribution in [1.82, 2.24) is 9.97 Å². The quantitative estimate of drug-likeness (QED) is 0.503. The Hall–Kier alpha value is -2.47. The molecule has 1 aromatic carbocycles. The monoisotopic (exact) mass is 353 g/mol. The number of fused-ring (bicyclic) bond motifs is 1. The first-order chi connectivity index (χ1) is 11.8. The van der Waals surface area contributed by atoms with Gasteiger partial charge in [-0.25, -0.2) is 9.98 Å². The zero-order valence-electron chi connectivity index (χ0n) is 15.2. The van der Waals surface area contributed by atoms with Crippen LogP contribution < -0.4 is 10.6 Å². The Morgan fingerprint density at radius 3 is 2.48 bits per heavy atom. The average Bonchev–Trinajstić information content (AvgIpc) is 2.90. The highest BCUT2D eigenvalue weighted by atomic mass is 32.1. The molecule has 130 valence electrons. The lowest BCUT2D eigenvalue weighted by Gasteiger charge is -2.18. The number of guanidine groups is 1. The number of aromatic nitrogens is 2. The highest BCUT2D eigenvalue weighted by Crippen LogP contribution is 2.24.